The highest BCUT2D eigenvalue weighted by Crippen LogP contribution is 2.10. The van der Waals surface area contributed by atoms with Gasteiger partial charge in [0.05, 0.1) is 17.9 Å². The Morgan fingerprint density at radius 3 is 1.36 bits per heavy atom. The molecule has 6 nitrogen and oxygen atoms in total. The van der Waals surface area contributed by atoms with E-state index in [1.807, 2.05) is 0 Å². The highest BCUT2D eigenvalue weighted by atomic mass is 32.2. The minimum Gasteiger partial charge on any atom is -0.387 e. The van der Waals surface area contributed by atoms with E-state index >= 15 is 0 Å². The van der Waals surface area contributed by atoms with Gasteiger partial charge in [0.2, 0.25) is 5.91 Å². The van der Waals surface area contributed by atoms with Crippen molar-refractivity contribution in [1.29, 1.82) is 0 Å². The number of nitrogens with one attached hydrogen (secondary N) is 1. The summed E-state index contributed by atoms with van der Waals surface area (Å²) in [6.45, 7) is 4.40. The van der Waals surface area contributed by atoms with Crippen LogP contribution in [0.5, 0.6) is 0 Å². The predicted molar refractivity (Wildman–Crippen MR) is 239 cm³/mol. The van der Waals surface area contributed by atoms with Crippen molar-refractivity contribution in [3.05, 3.63) is 109 Å². The summed E-state index contributed by atoms with van der Waals surface area (Å²) in [5.41, 5.74) is 0. The van der Waals surface area contributed by atoms with Gasteiger partial charge in [-0.3, -0.25) is 9.35 Å². The van der Waals surface area contributed by atoms with Crippen LogP contribution in [0.25, 0.3) is 0 Å². The minimum absolute atomic E-state index is 0.247. The monoisotopic (exact) mass is 782 g/mol. The van der Waals surface area contributed by atoms with Crippen LogP contribution in [0, 0.1) is 0 Å². The summed E-state index contributed by atoms with van der Waals surface area (Å²) in [6, 6.07) is -1.10. The first-order valence-corrected chi connectivity index (χ1v) is 23.2. The molecule has 0 bridgehead atoms. The van der Waals surface area contributed by atoms with Gasteiger partial charge in [-0.25, -0.2) is 0 Å². The van der Waals surface area contributed by atoms with Crippen LogP contribution in [0.4, 0.5) is 0 Å². The number of allylic oxidation sites excluding steroid dienone is 17. The smallest absolute Gasteiger partial charge is 0.267 e. The summed E-state index contributed by atoms with van der Waals surface area (Å²) >= 11 is 0. The molecule has 0 aromatic heterocycles. The molecule has 0 heterocycles. The first kappa shape index (κ1) is 52.0. The Bertz CT molecular complexity index is 1270. The molecule has 0 aromatic carbocycles. The van der Waals surface area contributed by atoms with Crippen LogP contribution in [-0.2, 0) is 14.9 Å². The summed E-state index contributed by atoms with van der Waals surface area (Å²) < 4.78 is 32.5. The molecule has 2 unspecified atom stereocenters. The van der Waals surface area contributed by atoms with Crippen molar-refractivity contribution in [2.45, 2.75) is 180 Å². The zero-order chi connectivity index (χ0) is 40.3. The average molecular weight is 782 g/mol. The fourth-order valence-corrected chi connectivity index (χ4v) is 6.45. The number of aliphatic hydroxyl groups is 1. The molecular formula is C48H79NO5S. The number of rotatable bonds is 37. The van der Waals surface area contributed by atoms with Crippen molar-refractivity contribution in [3.8, 4) is 0 Å². The molecule has 7 heteroatoms. The van der Waals surface area contributed by atoms with Crippen LogP contribution < -0.4 is 5.32 Å². The van der Waals surface area contributed by atoms with E-state index in [9.17, 15) is 22.9 Å². The van der Waals surface area contributed by atoms with Crippen LogP contribution in [0.15, 0.2) is 109 Å². The number of unbranched alkanes of at least 4 members (excludes halogenated alkanes) is 13. The van der Waals surface area contributed by atoms with Crippen molar-refractivity contribution >= 4 is 16.0 Å². The lowest BCUT2D eigenvalue weighted by Crippen LogP contribution is -2.46. The Labute approximate surface area is 338 Å². The maximum absolute atomic E-state index is 12.5. The Kier molecular flexibility index (Phi) is 38.4. The van der Waals surface area contributed by atoms with Gasteiger partial charge >= 0.3 is 0 Å². The fourth-order valence-electron chi connectivity index (χ4n) is 5.72. The highest BCUT2D eigenvalue weighted by molar-refractivity contribution is 7.85. The Morgan fingerprint density at radius 2 is 0.891 bits per heavy atom. The number of carbonyl (C=O) groups is 1. The average Bonchev–Trinajstić information content (AvgIpc) is 3.15. The Balaban J connectivity index is 4.07. The molecule has 55 heavy (non-hydrogen) atoms. The Hall–Kier alpha value is -3.00. The number of amides is 1. The number of carbonyl (C=O) groups excluding carboxylic acids is 1. The SMILES string of the molecule is CC/C=C\C/C=C\C/C=C\C/C=C\C/C=C\C/C=C\CCCCCCC(=O)NC(CS(=O)(=O)O)C(O)/C=C/CC/C=C/CC/C=C/CCCCCCCCC. The second kappa shape index (κ2) is 40.7. The molecule has 0 fully saturated rings. The largest absolute Gasteiger partial charge is 0.387 e. The molecule has 312 valence electrons. The van der Waals surface area contributed by atoms with Crippen molar-refractivity contribution in [3.63, 3.8) is 0 Å². The van der Waals surface area contributed by atoms with Gasteiger partial charge < -0.3 is 10.4 Å². The van der Waals surface area contributed by atoms with Gasteiger partial charge in [0.25, 0.3) is 10.1 Å². The van der Waals surface area contributed by atoms with Crippen LogP contribution in [0.3, 0.4) is 0 Å². The van der Waals surface area contributed by atoms with E-state index in [1.165, 1.54) is 51.0 Å². The van der Waals surface area contributed by atoms with Crippen molar-refractivity contribution in [2.24, 2.45) is 0 Å². The van der Waals surface area contributed by atoms with Crippen LogP contribution in [0.1, 0.15) is 168 Å². The molecule has 0 aliphatic heterocycles. The standard InChI is InChI=1S/C48H79NO5S/c1-3-5-7-9-11-13-15-17-19-21-22-23-24-25-26-28-30-32-34-36-38-40-42-44-48(51)49-46(45-55(52,53)54)47(50)43-41-39-37-35-33-31-29-27-20-18-16-14-12-10-8-6-4-2/h5,7,11,13,17,19-20,22-23,25-27,30,32-33,35,41,43,46-47,50H,3-4,6,8-10,12,14-16,18,21,24,28-29,31,34,36-40,42,44-45H2,1-2H3,(H,49,51)(H,52,53,54)/b7-5-,13-11-,19-17-,23-22-,26-25-,27-20+,32-30-,35-33+,43-41+. The lowest BCUT2D eigenvalue weighted by atomic mass is 10.1. The molecule has 3 N–H and O–H groups in total. The lowest BCUT2D eigenvalue weighted by molar-refractivity contribution is -0.122. The molecule has 0 radical (unpaired) electrons. The van der Waals surface area contributed by atoms with Crippen molar-refractivity contribution < 1.29 is 22.9 Å². The second-order valence-corrected chi connectivity index (χ2v) is 15.7. The van der Waals surface area contributed by atoms with Gasteiger partial charge in [-0.15, -0.1) is 0 Å². The van der Waals surface area contributed by atoms with E-state index in [0.29, 0.717) is 12.8 Å². The van der Waals surface area contributed by atoms with E-state index in [4.69, 9.17) is 0 Å². The van der Waals surface area contributed by atoms with Gasteiger partial charge in [0, 0.05) is 6.42 Å². The summed E-state index contributed by atoms with van der Waals surface area (Å²) in [6.07, 6.45) is 62.1. The zero-order valence-corrected chi connectivity index (χ0v) is 35.6. The van der Waals surface area contributed by atoms with Gasteiger partial charge in [0.1, 0.15) is 0 Å². The lowest BCUT2D eigenvalue weighted by Gasteiger charge is -2.21. The maximum Gasteiger partial charge on any atom is 0.267 e. The van der Waals surface area contributed by atoms with Gasteiger partial charge in [0.15, 0.2) is 0 Å². The predicted octanol–water partition coefficient (Wildman–Crippen LogP) is 13.1. The van der Waals surface area contributed by atoms with Gasteiger partial charge in [-0.1, -0.05) is 175 Å². The first-order chi connectivity index (χ1) is 26.8. The topological polar surface area (TPSA) is 104 Å². The minimum atomic E-state index is -4.38. The number of hydrogen-bond donors (Lipinski definition) is 3. The summed E-state index contributed by atoms with van der Waals surface area (Å²) in [7, 11) is -4.38. The van der Waals surface area contributed by atoms with Crippen LogP contribution >= 0.6 is 0 Å². The maximum atomic E-state index is 12.5. The van der Waals surface area contributed by atoms with Crippen molar-refractivity contribution in [1.82, 2.24) is 5.32 Å². The normalized spacial score (nSPS) is 14.3. The molecule has 2 atom stereocenters. The molecule has 0 saturated heterocycles. The van der Waals surface area contributed by atoms with E-state index < -0.39 is 28.0 Å². The first-order valence-electron chi connectivity index (χ1n) is 21.6. The van der Waals surface area contributed by atoms with E-state index in [1.54, 1.807) is 6.08 Å². The van der Waals surface area contributed by atoms with Gasteiger partial charge in [-0.2, -0.15) is 8.42 Å². The quantitative estimate of drug-likeness (QED) is 0.0331. The molecule has 0 spiro atoms. The zero-order valence-electron chi connectivity index (χ0n) is 34.8. The molecular weight excluding hydrogens is 703 g/mol. The third kappa shape index (κ3) is 42.0. The van der Waals surface area contributed by atoms with Crippen molar-refractivity contribution in [2.75, 3.05) is 5.75 Å². The Morgan fingerprint density at radius 1 is 0.509 bits per heavy atom. The second-order valence-electron chi connectivity index (χ2n) is 14.2. The highest BCUT2D eigenvalue weighted by Gasteiger charge is 2.24. The summed E-state index contributed by atoms with van der Waals surface area (Å²) in [5, 5.41) is 13.2. The molecule has 0 aliphatic rings. The molecule has 0 aliphatic carbocycles. The summed E-state index contributed by atoms with van der Waals surface area (Å²) in [4.78, 5) is 12.5. The van der Waals surface area contributed by atoms with Crippen LogP contribution in [-0.4, -0.2) is 41.9 Å². The van der Waals surface area contributed by atoms with Crippen LogP contribution in [0.2, 0.25) is 0 Å². The fraction of sp³-hybridized carbons (Fsp3) is 0.604. The molecule has 0 rings (SSSR count). The van der Waals surface area contributed by atoms with E-state index in [2.05, 4.69) is 116 Å². The van der Waals surface area contributed by atoms with Gasteiger partial charge in [-0.05, 0) is 96.3 Å². The third-order valence-corrected chi connectivity index (χ3v) is 9.69. The third-order valence-electron chi connectivity index (χ3n) is 8.91. The summed E-state index contributed by atoms with van der Waals surface area (Å²) in [5.74, 6) is -1.06. The number of hydrogen-bond acceptors (Lipinski definition) is 4. The number of aliphatic hydroxyl groups excluding tert-OH is 1. The van der Waals surface area contributed by atoms with E-state index in [-0.39, 0.29) is 12.3 Å². The van der Waals surface area contributed by atoms with E-state index in [0.717, 1.165) is 89.9 Å². The molecule has 1 amide bonds. The molecule has 0 aromatic rings. The molecule has 0 saturated carbocycles.